The van der Waals surface area contributed by atoms with Crippen molar-refractivity contribution < 1.29 is 9.53 Å². The van der Waals surface area contributed by atoms with Crippen LogP contribution in [0.2, 0.25) is 0 Å². The summed E-state index contributed by atoms with van der Waals surface area (Å²) in [5.74, 6) is 1.26. The highest BCUT2D eigenvalue weighted by molar-refractivity contribution is 7.09. The van der Waals surface area contributed by atoms with Crippen molar-refractivity contribution in [2.45, 2.75) is 51.8 Å². The third-order valence-corrected chi connectivity index (χ3v) is 5.26. The van der Waals surface area contributed by atoms with E-state index < -0.39 is 5.60 Å². The molecule has 2 fully saturated rings. The van der Waals surface area contributed by atoms with Gasteiger partial charge in [-0.3, -0.25) is 9.88 Å². The Balaban J connectivity index is 1.53. The minimum absolute atomic E-state index is 0.256. The zero-order chi connectivity index (χ0) is 15.7. The number of thiazole rings is 1. The van der Waals surface area contributed by atoms with Crippen LogP contribution in [0.3, 0.4) is 0 Å². The second-order valence-corrected chi connectivity index (χ2v) is 8.39. The second-order valence-electron chi connectivity index (χ2n) is 7.42. The van der Waals surface area contributed by atoms with E-state index in [1.165, 1.54) is 11.3 Å². The zero-order valence-corrected chi connectivity index (χ0v) is 14.4. The van der Waals surface area contributed by atoms with Gasteiger partial charge in [0.25, 0.3) is 0 Å². The molecule has 0 aromatic carbocycles. The van der Waals surface area contributed by atoms with Crippen LogP contribution in [0.4, 0.5) is 4.79 Å². The molecule has 1 amide bonds. The lowest BCUT2D eigenvalue weighted by Crippen LogP contribution is -2.42. The Bertz CT molecular complexity index is 512. The average Bonchev–Trinajstić information content (AvgIpc) is 3.07. The van der Waals surface area contributed by atoms with Gasteiger partial charge in [-0.15, -0.1) is 11.3 Å². The Kier molecular flexibility index (Phi) is 4.41. The molecule has 1 aliphatic heterocycles. The van der Waals surface area contributed by atoms with Crippen LogP contribution in [-0.4, -0.2) is 40.7 Å². The Hall–Kier alpha value is -1.14. The molecule has 0 radical (unpaired) electrons. The van der Waals surface area contributed by atoms with Crippen LogP contribution in [-0.2, 0) is 11.3 Å². The van der Waals surface area contributed by atoms with Gasteiger partial charge < -0.3 is 10.1 Å². The Morgan fingerprint density at radius 2 is 2.27 bits per heavy atom. The third-order valence-electron chi connectivity index (χ3n) is 4.50. The minimum Gasteiger partial charge on any atom is -0.444 e. The number of likely N-dealkylation sites (tertiary alicyclic amines) is 1. The molecule has 1 saturated carbocycles. The van der Waals surface area contributed by atoms with Crippen LogP contribution in [0.15, 0.2) is 11.7 Å². The van der Waals surface area contributed by atoms with Gasteiger partial charge in [0.2, 0.25) is 0 Å². The maximum Gasteiger partial charge on any atom is 0.407 e. The standard InChI is InChI=1S/C16H25N3O2S/c1-16(2,3)21-15(20)18-14-5-4-11-7-19(9-13(11)14)8-12-6-17-10-22-12/h6,10-11,13-14H,4-5,7-9H2,1-3H3,(H,18,20)/t11-,13+,14+/m0/s1. The molecule has 22 heavy (non-hydrogen) atoms. The minimum atomic E-state index is -0.435. The van der Waals surface area contributed by atoms with E-state index in [0.717, 1.165) is 26.1 Å². The number of carbonyl (C=O) groups excluding carboxylic acids is 1. The average molecular weight is 323 g/mol. The number of nitrogens with zero attached hydrogens (tertiary/aromatic N) is 2. The first-order chi connectivity index (χ1) is 10.4. The van der Waals surface area contributed by atoms with Crippen molar-refractivity contribution in [2.24, 2.45) is 11.8 Å². The summed E-state index contributed by atoms with van der Waals surface area (Å²) in [4.78, 5) is 19.9. The van der Waals surface area contributed by atoms with Crippen LogP contribution in [0.1, 0.15) is 38.5 Å². The van der Waals surface area contributed by atoms with Gasteiger partial charge in [0.15, 0.2) is 0 Å². The fourth-order valence-electron chi connectivity index (χ4n) is 3.67. The third kappa shape index (κ3) is 3.79. The summed E-state index contributed by atoms with van der Waals surface area (Å²) >= 11 is 1.71. The van der Waals surface area contributed by atoms with Crippen molar-refractivity contribution in [2.75, 3.05) is 13.1 Å². The Morgan fingerprint density at radius 1 is 1.45 bits per heavy atom. The van der Waals surface area contributed by atoms with Gasteiger partial charge in [0, 0.05) is 36.8 Å². The fourth-order valence-corrected chi connectivity index (χ4v) is 4.30. The number of rotatable bonds is 3. The highest BCUT2D eigenvalue weighted by Gasteiger charge is 2.43. The SMILES string of the molecule is CC(C)(C)OC(=O)N[C@@H]1CC[C@H]2CN(Cc3cncs3)C[C@H]21. The van der Waals surface area contributed by atoms with Crippen LogP contribution < -0.4 is 5.32 Å². The summed E-state index contributed by atoms with van der Waals surface area (Å²) in [6.07, 6.45) is 3.95. The van der Waals surface area contributed by atoms with Gasteiger partial charge >= 0.3 is 6.09 Å². The van der Waals surface area contributed by atoms with E-state index in [1.54, 1.807) is 11.3 Å². The molecule has 2 heterocycles. The van der Waals surface area contributed by atoms with Gasteiger partial charge in [-0.2, -0.15) is 0 Å². The maximum atomic E-state index is 12.0. The predicted molar refractivity (Wildman–Crippen MR) is 86.8 cm³/mol. The molecule has 1 saturated heterocycles. The van der Waals surface area contributed by atoms with Crippen LogP contribution in [0.25, 0.3) is 0 Å². The van der Waals surface area contributed by atoms with E-state index >= 15 is 0 Å². The number of hydrogen-bond acceptors (Lipinski definition) is 5. The Labute approximate surface area is 136 Å². The molecule has 1 aromatic heterocycles. The number of alkyl carbamates (subject to hydrolysis) is 1. The quantitative estimate of drug-likeness (QED) is 0.929. The van der Waals surface area contributed by atoms with Crippen LogP contribution >= 0.6 is 11.3 Å². The van der Waals surface area contributed by atoms with Crippen molar-refractivity contribution in [3.8, 4) is 0 Å². The second kappa shape index (κ2) is 6.16. The van der Waals surface area contributed by atoms with Crippen LogP contribution in [0, 0.1) is 11.8 Å². The molecule has 0 bridgehead atoms. The molecule has 1 N–H and O–H groups in total. The topological polar surface area (TPSA) is 54.5 Å². The summed E-state index contributed by atoms with van der Waals surface area (Å²) in [5, 5.41) is 3.09. The van der Waals surface area contributed by atoms with Crippen LogP contribution in [0.5, 0.6) is 0 Å². The zero-order valence-electron chi connectivity index (χ0n) is 13.5. The lowest BCUT2D eigenvalue weighted by Gasteiger charge is -2.24. The largest absolute Gasteiger partial charge is 0.444 e. The van der Waals surface area contributed by atoms with Crippen molar-refractivity contribution in [3.05, 3.63) is 16.6 Å². The van der Waals surface area contributed by atoms with E-state index in [9.17, 15) is 4.79 Å². The molecule has 5 nitrogen and oxygen atoms in total. The number of carbonyl (C=O) groups is 1. The highest BCUT2D eigenvalue weighted by Crippen LogP contribution is 2.38. The Morgan fingerprint density at radius 3 is 2.95 bits per heavy atom. The molecule has 0 unspecified atom stereocenters. The summed E-state index contributed by atoms with van der Waals surface area (Å²) in [6.45, 7) is 8.87. The molecule has 6 heteroatoms. The first kappa shape index (κ1) is 15.7. The lowest BCUT2D eigenvalue weighted by molar-refractivity contribution is 0.0491. The molecule has 0 spiro atoms. The normalized spacial score (nSPS) is 28.6. The molecule has 2 aliphatic rings. The molecule has 122 valence electrons. The molecular weight excluding hydrogens is 298 g/mol. The number of aromatic nitrogens is 1. The lowest BCUT2D eigenvalue weighted by atomic mass is 9.98. The number of nitrogens with one attached hydrogen (secondary N) is 1. The van der Waals surface area contributed by atoms with Gasteiger partial charge in [-0.1, -0.05) is 0 Å². The number of fused-ring (bicyclic) bond motifs is 1. The predicted octanol–water partition coefficient (Wildman–Crippen LogP) is 2.88. The smallest absolute Gasteiger partial charge is 0.407 e. The van der Waals surface area contributed by atoms with Gasteiger partial charge in [-0.25, -0.2) is 4.79 Å². The fraction of sp³-hybridized carbons (Fsp3) is 0.750. The highest BCUT2D eigenvalue weighted by atomic mass is 32.1. The monoisotopic (exact) mass is 323 g/mol. The molecule has 3 atom stereocenters. The van der Waals surface area contributed by atoms with E-state index in [2.05, 4.69) is 15.2 Å². The van der Waals surface area contributed by atoms with Crippen molar-refractivity contribution in [1.82, 2.24) is 15.2 Å². The van der Waals surface area contributed by atoms with Gasteiger partial charge in [-0.05, 0) is 45.4 Å². The number of ether oxygens (including phenoxy) is 1. The molecule has 3 rings (SSSR count). The first-order valence-electron chi connectivity index (χ1n) is 8.00. The summed E-state index contributed by atoms with van der Waals surface area (Å²) in [6, 6.07) is 0.256. The van der Waals surface area contributed by atoms with E-state index in [1.807, 2.05) is 32.5 Å². The van der Waals surface area contributed by atoms with E-state index in [4.69, 9.17) is 4.74 Å². The first-order valence-corrected chi connectivity index (χ1v) is 8.88. The molecular formula is C16H25N3O2S. The van der Waals surface area contributed by atoms with Crippen molar-refractivity contribution >= 4 is 17.4 Å². The number of hydrogen-bond donors (Lipinski definition) is 1. The summed E-state index contributed by atoms with van der Waals surface area (Å²) < 4.78 is 5.39. The molecule has 1 aliphatic carbocycles. The van der Waals surface area contributed by atoms with Crippen molar-refractivity contribution in [1.29, 1.82) is 0 Å². The maximum absolute atomic E-state index is 12.0. The van der Waals surface area contributed by atoms with Gasteiger partial charge in [0.1, 0.15) is 5.60 Å². The van der Waals surface area contributed by atoms with Crippen molar-refractivity contribution in [3.63, 3.8) is 0 Å². The summed E-state index contributed by atoms with van der Waals surface area (Å²) in [7, 11) is 0. The van der Waals surface area contributed by atoms with Gasteiger partial charge in [0.05, 0.1) is 5.51 Å². The van der Waals surface area contributed by atoms with E-state index in [-0.39, 0.29) is 12.1 Å². The molecule has 1 aromatic rings. The number of amides is 1. The summed E-state index contributed by atoms with van der Waals surface area (Å²) in [5.41, 5.74) is 1.45. The van der Waals surface area contributed by atoms with E-state index in [0.29, 0.717) is 11.8 Å².